The maximum absolute atomic E-state index is 12.1. The molecule has 1 aromatic rings. The Morgan fingerprint density at radius 2 is 1.90 bits per heavy atom. The summed E-state index contributed by atoms with van der Waals surface area (Å²) in [5, 5.41) is 0. The monoisotopic (exact) mass is 280 g/mol. The minimum Gasteiger partial charge on any atom is -0.493 e. The van der Waals surface area contributed by atoms with Crippen LogP contribution in [-0.2, 0) is 20.7 Å². The van der Waals surface area contributed by atoms with E-state index in [4.69, 9.17) is 9.47 Å². The Kier molecular flexibility index (Phi) is 6.56. The molecule has 5 nitrogen and oxygen atoms in total. The minimum atomic E-state index is -0.434. The summed E-state index contributed by atoms with van der Waals surface area (Å²) in [5.41, 5.74) is 1.11. The summed E-state index contributed by atoms with van der Waals surface area (Å²) in [6.45, 7) is 4.33. The van der Waals surface area contributed by atoms with Crippen LogP contribution in [0.4, 0.5) is 0 Å². The Morgan fingerprint density at radius 3 is 2.50 bits per heavy atom. The lowest BCUT2D eigenvalue weighted by Crippen LogP contribution is -2.12. The minimum absolute atomic E-state index is 0.207. The van der Waals surface area contributed by atoms with Gasteiger partial charge in [-0.25, -0.2) is 4.79 Å². The van der Waals surface area contributed by atoms with Gasteiger partial charge in [0, 0.05) is 6.42 Å². The molecule has 0 aliphatic rings. The molecular weight excluding hydrogens is 260 g/mol. The highest BCUT2D eigenvalue weighted by atomic mass is 16.5. The third kappa shape index (κ3) is 4.26. The van der Waals surface area contributed by atoms with E-state index in [-0.39, 0.29) is 19.0 Å². The van der Waals surface area contributed by atoms with E-state index < -0.39 is 5.97 Å². The van der Waals surface area contributed by atoms with Crippen LogP contribution in [0.25, 0.3) is 0 Å². The summed E-state index contributed by atoms with van der Waals surface area (Å²) in [7, 11) is 1.34. The van der Waals surface area contributed by atoms with Crippen LogP contribution in [0, 0.1) is 0 Å². The second kappa shape index (κ2) is 8.19. The number of rotatable bonds is 7. The molecule has 5 heteroatoms. The lowest BCUT2D eigenvalue weighted by Gasteiger charge is -2.13. The zero-order chi connectivity index (χ0) is 15.0. The van der Waals surface area contributed by atoms with Crippen molar-refractivity contribution >= 4 is 11.9 Å². The molecule has 0 spiro atoms. The van der Waals surface area contributed by atoms with Crippen molar-refractivity contribution in [2.45, 2.75) is 26.7 Å². The number of hydrogen-bond donors (Lipinski definition) is 0. The first kappa shape index (κ1) is 16.0. The predicted molar refractivity (Wildman–Crippen MR) is 73.9 cm³/mol. The van der Waals surface area contributed by atoms with Crippen molar-refractivity contribution in [3.63, 3.8) is 0 Å². The average molecular weight is 280 g/mol. The van der Waals surface area contributed by atoms with E-state index in [2.05, 4.69) is 4.74 Å². The van der Waals surface area contributed by atoms with Gasteiger partial charge in [-0.05, 0) is 31.9 Å². The topological polar surface area (TPSA) is 61.8 Å². The van der Waals surface area contributed by atoms with Crippen LogP contribution >= 0.6 is 0 Å². The van der Waals surface area contributed by atoms with Gasteiger partial charge in [-0.1, -0.05) is 12.1 Å². The van der Waals surface area contributed by atoms with Gasteiger partial charge in [0.2, 0.25) is 0 Å². The zero-order valence-corrected chi connectivity index (χ0v) is 12.1. The Bertz CT molecular complexity index is 467. The Labute approximate surface area is 118 Å². The molecule has 0 unspecified atom stereocenters. The summed E-state index contributed by atoms with van der Waals surface area (Å²) in [5.74, 6) is -0.272. The fourth-order valence-corrected chi connectivity index (χ4v) is 1.83. The van der Waals surface area contributed by atoms with Crippen molar-refractivity contribution in [2.24, 2.45) is 0 Å². The van der Waals surface area contributed by atoms with Crippen LogP contribution in [0.2, 0.25) is 0 Å². The predicted octanol–water partition coefficient (Wildman–Crippen LogP) is 2.37. The van der Waals surface area contributed by atoms with Crippen LogP contribution in [0.1, 0.15) is 36.2 Å². The normalized spacial score (nSPS) is 9.95. The van der Waals surface area contributed by atoms with Crippen molar-refractivity contribution in [1.82, 2.24) is 0 Å². The third-order valence-electron chi connectivity index (χ3n) is 2.72. The lowest BCUT2D eigenvalue weighted by atomic mass is 10.0. The molecule has 0 aliphatic heterocycles. The standard InChI is InChI=1S/C15H20O5/c1-4-19-12-8-6-7-11(9-10-13(16)18-3)14(12)15(17)20-5-2/h6-8H,4-5,9-10H2,1-3H3. The van der Waals surface area contributed by atoms with Crippen molar-refractivity contribution < 1.29 is 23.8 Å². The highest BCUT2D eigenvalue weighted by Crippen LogP contribution is 2.25. The molecule has 0 atom stereocenters. The van der Waals surface area contributed by atoms with Gasteiger partial charge in [-0.3, -0.25) is 4.79 Å². The number of carbonyl (C=O) groups excluding carboxylic acids is 2. The maximum atomic E-state index is 12.1. The fraction of sp³-hybridized carbons (Fsp3) is 0.467. The van der Waals surface area contributed by atoms with Gasteiger partial charge >= 0.3 is 11.9 Å². The Morgan fingerprint density at radius 1 is 1.15 bits per heavy atom. The highest BCUT2D eigenvalue weighted by molar-refractivity contribution is 5.94. The number of benzene rings is 1. The first-order chi connectivity index (χ1) is 9.63. The van der Waals surface area contributed by atoms with Gasteiger partial charge in [0.25, 0.3) is 0 Å². The van der Waals surface area contributed by atoms with Crippen LogP contribution in [-0.4, -0.2) is 32.3 Å². The van der Waals surface area contributed by atoms with Gasteiger partial charge in [-0.15, -0.1) is 0 Å². The zero-order valence-electron chi connectivity index (χ0n) is 12.1. The Balaban J connectivity index is 3.04. The van der Waals surface area contributed by atoms with Crippen LogP contribution < -0.4 is 4.74 Å². The SMILES string of the molecule is CCOC(=O)c1c(CCC(=O)OC)cccc1OCC. The van der Waals surface area contributed by atoms with Crippen molar-refractivity contribution in [3.05, 3.63) is 29.3 Å². The Hall–Kier alpha value is -2.04. The molecule has 0 amide bonds. The molecule has 0 saturated carbocycles. The van der Waals surface area contributed by atoms with E-state index in [1.165, 1.54) is 7.11 Å². The second-order valence-corrected chi connectivity index (χ2v) is 4.02. The smallest absolute Gasteiger partial charge is 0.342 e. The maximum Gasteiger partial charge on any atom is 0.342 e. The summed E-state index contributed by atoms with van der Waals surface area (Å²) in [6, 6.07) is 5.30. The summed E-state index contributed by atoms with van der Waals surface area (Å²) >= 11 is 0. The molecule has 1 aromatic carbocycles. The number of methoxy groups -OCH3 is 1. The molecule has 0 bridgehead atoms. The van der Waals surface area contributed by atoms with E-state index in [0.717, 1.165) is 5.56 Å². The van der Waals surface area contributed by atoms with E-state index in [0.29, 0.717) is 24.3 Å². The molecule has 1 rings (SSSR count). The molecule has 0 fully saturated rings. The van der Waals surface area contributed by atoms with Gasteiger partial charge < -0.3 is 14.2 Å². The van der Waals surface area contributed by atoms with Gasteiger partial charge in [-0.2, -0.15) is 0 Å². The molecular formula is C15H20O5. The molecule has 0 N–H and O–H groups in total. The number of hydrogen-bond acceptors (Lipinski definition) is 5. The molecule has 0 saturated heterocycles. The van der Waals surface area contributed by atoms with E-state index in [9.17, 15) is 9.59 Å². The number of aryl methyl sites for hydroxylation is 1. The van der Waals surface area contributed by atoms with Crippen molar-refractivity contribution in [1.29, 1.82) is 0 Å². The van der Waals surface area contributed by atoms with Crippen molar-refractivity contribution in [3.8, 4) is 5.75 Å². The summed E-state index contributed by atoms with van der Waals surface area (Å²) in [4.78, 5) is 23.3. The van der Waals surface area contributed by atoms with Crippen molar-refractivity contribution in [2.75, 3.05) is 20.3 Å². The van der Waals surface area contributed by atoms with Gasteiger partial charge in [0.15, 0.2) is 0 Å². The first-order valence-corrected chi connectivity index (χ1v) is 6.62. The second-order valence-electron chi connectivity index (χ2n) is 4.02. The van der Waals surface area contributed by atoms with Crippen LogP contribution in [0.3, 0.4) is 0 Å². The lowest BCUT2D eigenvalue weighted by molar-refractivity contribution is -0.140. The summed E-state index contributed by atoms with van der Waals surface area (Å²) < 4.78 is 15.1. The number of carbonyl (C=O) groups is 2. The highest BCUT2D eigenvalue weighted by Gasteiger charge is 2.19. The van der Waals surface area contributed by atoms with E-state index in [1.54, 1.807) is 25.1 Å². The van der Waals surface area contributed by atoms with E-state index in [1.807, 2.05) is 6.92 Å². The molecule has 0 aromatic heterocycles. The molecule has 0 heterocycles. The quantitative estimate of drug-likeness (QED) is 0.717. The van der Waals surface area contributed by atoms with Gasteiger partial charge in [0.05, 0.1) is 20.3 Å². The fourth-order valence-electron chi connectivity index (χ4n) is 1.83. The largest absolute Gasteiger partial charge is 0.493 e. The van der Waals surface area contributed by atoms with E-state index >= 15 is 0 Å². The van der Waals surface area contributed by atoms with Gasteiger partial charge in [0.1, 0.15) is 11.3 Å². The number of esters is 2. The summed E-state index contributed by atoms with van der Waals surface area (Å²) in [6.07, 6.45) is 0.611. The van der Waals surface area contributed by atoms with Crippen LogP contribution in [0.15, 0.2) is 18.2 Å². The average Bonchev–Trinajstić information content (AvgIpc) is 2.45. The molecule has 0 aliphatic carbocycles. The molecule has 110 valence electrons. The molecule has 20 heavy (non-hydrogen) atoms. The first-order valence-electron chi connectivity index (χ1n) is 6.62. The third-order valence-corrected chi connectivity index (χ3v) is 2.72. The molecule has 0 radical (unpaired) electrons. The van der Waals surface area contributed by atoms with Crippen LogP contribution in [0.5, 0.6) is 5.75 Å². The number of ether oxygens (including phenoxy) is 3.